The molecule has 2 nitrogen and oxygen atoms in total. The van der Waals surface area contributed by atoms with Crippen molar-refractivity contribution >= 4 is 21.8 Å². The Balaban J connectivity index is 2.01. The topological polar surface area (TPSA) is 20.3 Å². The molecule has 0 aromatic heterocycles. The molecule has 1 amide bonds. The summed E-state index contributed by atoms with van der Waals surface area (Å²) < 4.78 is 26.0. The summed E-state index contributed by atoms with van der Waals surface area (Å²) in [5.74, 6) is -1.86. The molecular weight excluding hydrogens is 328 g/mol. The summed E-state index contributed by atoms with van der Waals surface area (Å²) >= 11 is 3.63. The van der Waals surface area contributed by atoms with Crippen molar-refractivity contribution in [2.45, 2.75) is 43.0 Å². The molecule has 1 aliphatic carbocycles. The van der Waals surface area contributed by atoms with Crippen LogP contribution >= 0.6 is 15.9 Å². The second kappa shape index (κ2) is 6.66. The fourth-order valence-corrected chi connectivity index (χ4v) is 3.58. The molecule has 0 bridgehead atoms. The van der Waals surface area contributed by atoms with Crippen LogP contribution in [0.4, 0.5) is 8.78 Å². The summed E-state index contributed by atoms with van der Waals surface area (Å²) in [6.45, 7) is 0. The summed E-state index contributed by atoms with van der Waals surface area (Å²) in [7, 11) is 1.78. The lowest BCUT2D eigenvalue weighted by atomic mass is 9.94. The average Bonchev–Trinajstić information content (AvgIpc) is 2.42. The zero-order valence-electron chi connectivity index (χ0n) is 11.4. The van der Waals surface area contributed by atoms with Crippen molar-refractivity contribution in [2.24, 2.45) is 0 Å². The maximum atomic E-state index is 13.1. The van der Waals surface area contributed by atoms with Gasteiger partial charge in [0, 0.05) is 17.9 Å². The first-order valence-electron chi connectivity index (χ1n) is 6.82. The van der Waals surface area contributed by atoms with Gasteiger partial charge in [0.2, 0.25) is 5.91 Å². The Morgan fingerprint density at radius 1 is 1.30 bits per heavy atom. The fraction of sp³-hybridized carbons (Fsp3) is 0.533. The standard InChI is InChI=1S/C15H18BrF2NO/c1-19(14-5-3-2-4-11(14)16)15(20)9-10-6-7-12(17)13(18)8-10/h6-8,11,14H,2-5,9H2,1H3. The molecule has 0 heterocycles. The van der Waals surface area contributed by atoms with Crippen molar-refractivity contribution in [1.82, 2.24) is 4.90 Å². The van der Waals surface area contributed by atoms with E-state index in [1.807, 2.05) is 0 Å². The molecule has 1 aromatic rings. The van der Waals surface area contributed by atoms with Gasteiger partial charge in [0.05, 0.1) is 6.42 Å². The Morgan fingerprint density at radius 2 is 2.00 bits per heavy atom. The van der Waals surface area contributed by atoms with Crippen molar-refractivity contribution in [3.63, 3.8) is 0 Å². The van der Waals surface area contributed by atoms with E-state index in [4.69, 9.17) is 0 Å². The van der Waals surface area contributed by atoms with Crippen LogP contribution in [0.25, 0.3) is 0 Å². The van der Waals surface area contributed by atoms with Gasteiger partial charge in [-0.1, -0.05) is 34.8 Å². The smallest absolute Gasteiger partial charge is 0.227 e. The Morgan fingerprint density at radius 3 is 2.65 bits per heavy atom. The number of alkyl halides is 1. The van der Waals surface area contributed by atoms with Crippen LogP contribution in [0.15, 0.2) is 18.2 Å². The number of amides is 1. The molecule has 0 N–H and O–H groups in total. The van der Waals surface area contributed by atoms with Crippen LogP contribution < -0.4 is 0 Å². The number of benzene rings is 1. The van der Waals surface area contributed by atoms with E-state index in [9.17, 15) is 13.6 Å². The minimum absolute atomic E-state index is 0.0626. The molecule has 1 aromatic carbocycles. The van der Waals surface area contributed by atoms with Gasteiger partial charge in [-0.15, -0.1) is 0 Å². The summed E-state index contributed by atoms with van der Waals surface area (Å²) in [6.07, 6.45) is 4.44. The van der Waals surface area contributed by atoms with Crippen LogP contribution in [0.2, 0.25) is 0 Å². The number of carbonyl (C=O) groups excluding carboxylic acids is 1. The molecule has 1 saturated carbocycles. The number of nitrogens with zero attached hydrogens (tertiary/aromatic N) is 1. The molecule has 0 spiro atoms. The second-order valence-corrected chi connectivity index (χ2v) is 6.47. The molecule has 2 unspecified atom stereocenters. The highest BCUT2D eigenvalue weighted by molar-refractivity contribution is 9.09. The molecule has 2 atom stereocenters. The second-order valence-electron chi connectivity index (χ2n) is 5.30. The number of rotatable bonds is 3. The van der Waals surface area contributed by atoms with Gasteiger partial charge >= 0.3 is 0 Å². The van der Waals surface area contributed by atoms with E-state index >= 15 is 0 Å². The number of halogens is 3. The van der Waals surface area contributed by atoms with Crippen molar-refractivity contribution in [3.8, 4) is 0 Å². The molecule has 0 radical (unpaired) electrons. The molecule has 0 saturated heterocycles. The lowest BCUT2D eigenvalue weighted by molar-refractivity contribution is -0.131. The fourth-order valence-electron chi connectivity index (χ4n) is 2.64. The van der Waals surface area contributed by atoms with E-state index in [0.29, 0.717) is 10.4 Å². The van der Waals surface area contributed by atoms with Gasteiger partial charge in [-0.3, -0.25) is 4.79 Å². The lowest BCUT2D eigenvalue weighted by Crippen LogP contribution is -2.44. The van der Waals surface area contributed by atoms with Gasteiger partial charge < -0.3 is 4.90 Å². The van der Waals surface area contributed by atoms with Crippen LogP contribution in [-0.2, 0) is 11.2 Å². The molecule has 2 rings (SSSR count). The van der Waals surface area contributed by atoms with Gasteiger partial charge in [0.1, 0.15) is 0 Å². The highest BCUT2D eigenvalue weighted by Gasteiger charge is 2.28. The van der Waals surface area contributed by atoms with Gasteiger partial charge in [-0.25, -0.2) is 8.78 Å². The molecule has 110 valence electrons. The average molecular weight is 346 g/mol. The molecule has 1 aliphatic rings. The highest BCUT2D eigenvalue weighted by Crippen LogP contribution is 2.28. The molecule has 1 fully saturated rings. The van der Waals surface area contributed by atoms with E-state index in [0.717, 1.165) is 31.4 Å². The van der Waals surface area contributed by atoms with Crippen molar-refractivity contribution in [1.29, 1.82) is 0 Å². The van der Waals surface area contributed by atoms with E-state index in [1.54, 1.807) is 11.9 Å². The number of carbonyl (C=O) groups is 1. The van der Waals surface area contributed by atoms with Crippen molar-refractivity contribution < 1.29 is 13.6 Å². The Bertz CT molecular complexity index is 495. The van der Waals surface area contributed by atoms with E-state index < -0.39 is 11.6 Å². The maximum Gasteiger partial charge on any atom is 0.227 e. The molecule has 20 heavy (non-hydrogen) atoms. The first kappa shape index (κ1) is 15.4. The molecule has 5 heteroatoms. The first-order chi connectivity index (χ1) is 9.49. The number of hydrogen-bond donors (Lipinski definition) is 0. The minimum Gasteiger partial charge on any atom is -0.341 e. The zero-order valence-corrected chi connectivity index (χ0v) is 13.0. The number of hydrogen-bond acceptors (Lipinski definition) is 1. The summed E-state index contributed by atoms with van der Waals surface area (Å²) in [6, 6.07) is 3.79. The predicted octanol–water partition coefficient (Wildman–Crippen LogP) is 3.67. The van der Waals surface area contributed by atoms with E-state index in [1.165, 1.54) is 12.5 Å². The van der Waals surface area contributed by atoms with Crippen LogP contribution in [0.3, 0.4) is 0 Å². The Labute approximate surface area is 126 Å². The van der Waals surface area contributed by atoms with Crippen LogP contribution in [-0.4, -0.2) is 28.7 Å². The predicted molar refractivity (Wildman–Crippen MR) is 77.8 cm³/mol. The van der Waals surface area contributed by atoms with E-state index in [-0.39, 0.29) is 18.4 Å². The van der Waals surface area contributed by atoms with Crippen molar-refractivity contribution in [2.75, 3.05) is 7.05 Å². The summed E-state index contributed by atoms with van der Waals surface area (Å²) in [5.41, 5.74) is 0.502. The normalized spacial score (nSPS) is 22.6. The van der Waals surface area contributed by atoms with Gasteiger partial charge in [-0.2, -0.15) is 0 Å². The molecule has 0 aliphatic heterocycles. The Kier molecular flexibility index (Phi) is 5.13. The van der Waals surface area contributed by atoms with E-state index in [2.05, 4.69) is 15.9 Å². The zero-order chi connectivity index (χ0) is 14.7. The lowest BCUT2D eigenvalue weighted by Gasteiger charge is -2.35. The summed E-state index contributed by atoms with van der Waals surface area (Å²) in [4.78, 5) is 14.3. The monoisotopic (exact) mass is 345 g/mol. The Hall–Kier alpha value is -0.970. The SMILES string of the molecule is CN(C(=O)Cc1ccc(F)c(F)c1)C1CCCCC1Br. The maximum absolute atomic E-state index is 13.1. The van der Waals surface area contributed by atoms with Gasteiger partial charge in [-0.05, 0) is 30.5 Å². The third-order valence-electron chi connectivity index (χ3n) is 3.88. The third kappa shape index (κ3) is 3.57. The van der Waals surface area contributed by atoms with Crippen LogP contribution in [0.5, 0.6) is 0 Å². The minimum atomic E-state index is -0.908. The van der Waals surface area contributed by atoms with Crippen LogP contribution in [0.1, 0.15) is 31.2 Å². The largest absolute Gasteiger partial charge is 0.341 e. The van der Waals surface area contributed by atoms with Gasteiger partial charge in [0.15, 0.2) is 11.6 Å². The van der Waals surface area contributed by atoms with Crippen molar-refractivity contribution in [3.05, 3.63) is 35.4 Å². The molecular formula is C15H18BrF2NO. The first-order valence-corrected chi connectivity index (χ1v) is 7.74. The number of likely N-dealkylation sites (N-methyl/N-ethyl adjacent to an activating group) is 1. The highest BCUT2D eigenvalue weighted by atomic mass is 79.9. The third-order valence-corrected chi connectivity index (χ3v) is 4.95. The van der Waals surface area contributed by atoms with Crippen LogP contribution in [0, 0.1) is 11.6 Å². The quantitative estimate of drug-likeness (QED) is 0.765. The van der Waals surface area contributed by atoms with Gasteiger partial charge in [0.25, 0.3) is 0 Å². The summed E-state index contributed by atoms with van der Waals surface area (Å²) in [5, 5.41) is 0.